The molecule has 1 amide bonds. The van der Waals surface area contributed by atoms with Crippen molar-refractivity contribution in [1.82, 2.24) is 10.3 Å². The van der Waals surface area contributed by atoms with E-state index in [4.69, 9.17) is 9.15 Å². The predicted octanol–water partition coefficient (Wildman–Crippen LogP) is 3.94. The highest BCUT2D eigenvalue weighted by atomic mass is 16.6. The maximum atomic E-state index is 11.9. The molecule has 1 saturated carbocycles. The molecule has 25 heavy (non-hydrogen) atoms. The van der Waals surface area contributed by atoms with Crippen LogP contribution in [0.4, 0.5) is 4.79 Å². The van der Waals surface area contributed by atoms with Crippen molar-refractivity contribution in [3.05, 3.63) is 30.2 Å². The average molecular weight is 346 g/mol. The van der Waals surface area contributed by atoms with E-state index in [1.807, 2.05) is 45.0 Å². The second-order valence-electron chi connectivity index (χ2n) is 7.72. The summed E-state index contributed by atoms with van der Waals surface area (Å²) in [5.74, 6) is 0.467. The number of rotatable bonds is 3. The number of fused-ring (bicyclic) bond motifs is 1. The van der Waals surface area contributed by atoms with Crippen LogP contribution in [-0.2, 0) is 4.74 Å². The normalized spacial score (nSPS) is 22.6. The van der Waals surface area contributed by atoms with Gasteiger partial charge in [-0.3, -0.25) is 0 Å². The fraction of sp³-hybridized carbons (Fsp3) is 0.579. The van der Waals surface area contributed by atoms with Gasteiger partial charge in [-0.15, -0.1) is 0 Å². The number of nitrogens with one attached hydrogen (secondary N) is 1. The molecule has 6 heteroatoms. The summed E-state index contributed by atoms with van der Waals surface area (Å²) in [6.07, 6.45) is 2.13. The number of para-hydroxylation sites is 2. The van der Waals surface area contributed by atoms with Gasteiger partial charge in [0.25, 0.3) is 0 Å². The maximum absolute atomic E-state index is 11.9. The number of nitrogens with zero attached hydrogens (tertiary/aromatic N) is 1. The summed E-state index contributed by atoms with van der Waals surface area (Å²) in [7, 11) is 0. The minimum absolute atomic E-state index is 0.0851. The lowest BCUT2D eigenvalue weighted by atomic mass is 9.82. The summed E-state index contributed by atoms with van der Waals surface area (Å²) in [6.45, 7) is 5.54. The Balaban J connectivity index is 1.54. The summed E-state index contributed by atoms with van der Waals surface area (Å²) >= 11 is 0. The molecular weight excluding hydrogens is 320 g/mol. The molecule has 1 aromatic carbocycles. The van der Waals surface area contributed by atoms with E-state index in [1.165, 1.54) is 0 Å². The van der Waals surface area contributed by atoms with Gasteiger partial charge in [-0.25, -0.2) is 9.78 Å². The minimum atomic E-state index is -0.713. The molecule has 1 fully saturated rings. The summed E-state index contributed by atoms with van der Waals surface area (Å²) in [5.41, 5.74) is 0.957. The highest BCUT2D eigenvalue weighted by Gasteiger charge is 2.31. The molecule has 0 spiro atoms. The molecule has 3 rings (SSSR count). The number of carbonyl (C=O) groups excluding carboxylic acids is 1. The summed E-state index contributed by atoms with van der Waals surface area (Å²) in [4.78, 5) is 16.2. The highest BCUT2D eigenvalue weighted by molar-refractivity contribution is 5.72. The lowest BCUT2D eigenvalue weighted by molar-refractivity contribution is 0.0408. The van der Waals surface area contributed by atoms with Crippen molar-refractivity contribution in [2.24, 2.45) is 5.92 Å². The zero-order valence-corrected chi connectivity index (χ0v) is 15.0. The Labute approximate surface area is 147 Å². The minimum Gasteiger partial charge on any atom is -0.444 e. The molecule has 1 aliphatic rings. The monoisotopic (exact) mass is 346 g/mol. The second kappa shape index (κ2) is 7.04. The molecule has 2 N–H and O–H groups in total. The van der Waals surface area contributed by atoms with Crippen LogP contribution in [-0.4, -0.2) is 27.8 Å². The van der Waals surface area contributed by atoms with Crippen LogP contribution in [0.3, 0.4) is 0 Å². The zero-order valence-electron chi connectivity index (χ0n) is 15.0. The second-order valence-corrected chi connectivity index (χ2v) is 7.72. The molecule has 136 valence electrons. The van der Waals surface area contributed by atoms with E-state index in [1.54, 1.807) is 0 Å². The molecule has 1 aliphatic carbocycles. The Kier molecular flexibility index (Phi) is 4.99. The topological polar surface area (TPSA) is 84.6 Å². The average Bonchev–Trinajstić information content (AvgIpc) is 2.97. The van der Waals surface area contributed by atoms with Gasteiger partial charge in [-0.1, -0.05) is 12.1 Å². The number of amides is 1. The number of benzene rings is 1. The Bertz CT molecular complexity index is 693. The third kappa shape index (κ3) is 4.51. The SMILES string of the molecule is CC(C)(C)OC(=O)NC1CCC(C(O)c2nc3ccccc3o2)CC1. The van der Waals surface area contributed by atoms with Crippen LogP contribution in [0.2, 0.25) is 0 Å². The van der Waals surface area contributed by atoms with E-state index in [0.29, 0.717) is 11.5 Å². The number of aromatic nitrogens is 1. The molecular formula is C19H26N2O4. The van der Waals surface area contributed by atoms with E-state index in [-0.39, 0.29) is 18.1 Å². The van der Waals surface area contributed by atoms with Gasteiger partial charge in [0.1, 0.15) is 17.2 Å². The number of ether oxygens (including phenoxy) is 1. The number of hydrogen-bond donors (Lipinski definition) is 2. The summed E-state index contributed by atoms with van der Waals surface area (Å²) < 4.78 is 11.0. The first kappa shape index (κ1) is 17.7. The number of aliphatic hydroxyl groups is 1. The van der Waals surface area contributed by atoms with Gasteiger partial charge in [0.05, 0.1) is 0 Å². The van der Waals surface area contributed by atoms with Gasteiger partial charge in [-0.2, -0.15) is 0 Å². The smallest absolute Gasteiger partial charge is 0.407 e. The van der Waals surface area contributed by atoms with E-state index < -0.39 is 11.7 Å². The number of hydrogen-bond acceptors (Lipinski definition) is 5. The molecule has 6 nitrogen and oxygen atoms in total. The quantitative estimate of drug-likeness (QED) is 0.879. The lowest BCUT2D eigenvalue weighted by Gasteiger charge is -2.31. The van der Waals surface area contributed by atoms with Gasteiger partial charge in [0.2, 0.25) is 5.89 Å². The number of oxazole rings is 1. The maximum Gasteiger partial charge on any atom is 0.407 e. The molecule has 1 heterocycles. The van der Waals surface area contributed by atoms with Gasteiger partial charge in [-0.05, 0) is 64.5 Å². The first-order valence-corrected chi connectivity index (χ1v) is 8.85. The Morgan fingerprint density at radius 3 is 2.60 bits per heavy atom. The van der Waals surface area contributed by atoms with Crippen LogP contribution in [0.25, 0.3) is 11.1 Å². The fourth-order valence-corrected chi connectivity index (χ4v) is 3.27. The number of aliphatic hydroxyl groups excluding tert-OH is 1. The molecule has 0 aliphatic heterocycles. The Morgan fingerprint density at radius 2 is 1.96 bits per heavy atom. The van der Waals surface area contributed by atoms with Crippen LogP contribution in [0.5, 0.6) is 0 Å². The molecule has 1 unspecified atom stereocenters. The number of alkyl carbamates (subject to hydrolysis) is 1. The molecule has 1 atom stereocenters. The van der Waals surface area contributed by atoms with Crippen molar-refractivity contribution in [3.8, 4) is 0 Å². The first-order valence-electron chi connectivity index (χ1n) is 8.85. The third-order valence-electron chi connectivity index (χ3n) is 4.50. The zero-order chi connectivity index (χ0) is 18.0. The van der Waals surface area contributed by atoms with Crippen molar-refractivity contribution in [2.45, 2.75) is 64.2 Å². The largest absolute Gasteiger partial charge is 0.444 e. The van der Waals surface area contributed by atoms with Crippen molar-refractivity contribution < 1.29 is 19.1 Å². The highest BCUT2D eigenvalue weighted by Crippen LogP contribution is 2.35. The van der Waals surface area contributed by atoms with E-state index >= 15 is 0 Å². The van der Waals surface area contributed by atoms with E-state index in [9.17, 15) is 9.90 Å². The van der Waals surface area contributed by atoms with Crippen LogP contribution < -0.4 is 5.32 Å². The third-order valence-corrected chi connectivity index (χ3v) is 4.50. The fourth-order valence-electron chi connectivity index (χ4n) is 3.27. The van der Waals surface area contributed by atoms with Crippen LogP contribution in [0.1, 0.15) is 58.4 Å². The molecule has 1 aromatic heterocycles. The van der Waals surface area contributed by atoms with Gasteiger partial charge in [0.15, 0.2) is 5.58 Å². The van der Waals surface area contributed by atoms with Gasteiger partial charge < -0.3 is 19.6 Å². The molecule has 0 saturated heterocycles. The molecule has 0 radical (unpaired) electrons. The predicted molar refractivity (Wildman–Crippen MR) is 94.1 cm³/mol. The van der Waals surface area contributed by atoms with Gasteiger partial charge in [0, 0.05) is 6.04 Å². The van der Waals surface area contributed by atoms with Crippen molar-refractivity contribution in [3.63, 3.8) is 0 Å². The van der Waals surface area contributed by atoms with E-state index in [0.717, 1.165) is 31.2 Å². The van der Waals surface area contributed by atoms with Crippen LogP contribution in [0, 0.1) is 5.92 Å². The lowest BCUT2D eigenvalue weighted by Crippen LogP contribution is -2.41. The standard InChI is InChI=1S/C19H26N2O4/c1-19(2,3)25-18(23)20-13-10-8-12(9-11-13)16(22)17-21-14-6-4-5-7-15(14)24-17/h4-7,12-13,16,22H,8-11H2,1-3H3,(H,20,23). The Morgan fingerprint density at radius 1 is 1.28 bits per heavy atom. The Hall–Kier alpha value is -2.08. The first-order chi connectivity index (χ1) is 11.8. The van der Waals surface area contributed by atoms with Crippen molar-refractivity contribution >= 4 is 17.2 Å². The van der Waals surface area contributed by atoms with Crippen LogP contribution >= 0.6 is 0 Å². The molecule has 2 aromatic rings. The van der Waals surface area contributed by atoms with Crippen LogP contribution in [0.15, 0.2) is 28.7 Å². The van der Waals surface area contributed by atoms with E-state index in [2.05, 4.69) is 10.3 Å². The van der Waals surface area contributed by atoms with Gasteiger partial charge >= 0.3 is 6.09 Å². The summed E-state index contributed by atoms with van der Waals surface area (Å²) in [5, 5.41) is 13.5. The van der Waals surface area contributed by atoms with Crippen molar-refractivity contribution in [2.75, 3.05) is 0 Å². The molecule has 0 bridgehead atoms. The summed E-state index contributed by atoms with van der Waals surface area (Å²) in [6, 6.07) is 7.59. The number of carbonyl (C=O) groups is 1. The van der Waals surface area contributed by atoms with Crippen molar-refractivity contribution in [1.29, 1.82) is 0 Å².